The lowest BCUT2D eigenvalue weighted by Crippen LogP contribution is -2.46. The van der Waals surface area contributed by atoms with Gasteiger partial charge >= 0.3 is 0 Å². The monoisotopic (exact) mass is 496 g/mol. The highest BCUT2D eigenvalue weighted by molar-refractivity contribution is 6.31. The van der Waals surface area contributed by atoms with Gasteiger partial charge in [0.25, 0.3) is 11.8 Å². The average molecular weight is 497 g/mol. The molecule has 2 aliphatic heterocycles. The van der Waals surface area contributed by atoms with E-state index in [9.17, 15) is 9.59 Å². The van der Waals surface area contributed by atoms with Crippen molar-refractivity contribution in [3.05, 3.63) is 69.8 Å². The molecular weight excluding hydrogens is 471 g/mol. The molecule has 3 heterocycles. The number of benzene rings is 2. The van der Waals surface area contributed by atoms with Gasteiger partial charge < -0.3 is 4.90 Å². The number of hydrogen-bond acceptors (Lipinski definition) is 4. The molecule has 176 valence electrons. The van der Waals surface area contributed by atoms with E-state index in [4.69, 9.17) is 28.3 Å². The molecule has 5 rings (SSSR count). The fourth-order valence-electron chi connectivity index (χ4n) is 4.87. The molecule has 1 unspecified atom stereocenters. The highest BCUT2D eigenvalue weighted by atomic mass is 35.5. The molecule has 6 nitrogen and oxygen atoms in total. The van der Waals surface area contributed by atoms with Gasteiger partial charge in [-0.25, -0.2) is 0 Å². The summed E-state index contributed by atoms with van der Waals surface area (Å²) in [5.41, 5.74) is 3.66. The second-order valence-corrected chi connectivity index (χ2v) is 9.71. The predicted molar refractivity (Wildman–Crippen MR) is 135 cm³/mol. The molecule has 1 saturated heterocycles. The van der Waals surface area contributed by atoms with E-state index in [1.165, 1.54) is 4.90 Å². The topological polar surface area (TPSA) is 58.4 Å². The van der Waals surface area contributed by atoms with Crippen LogP contribution in [0.4, 0.5) is 5.69 Å². The third-order valence-electron chi connectivity index (χ3n) is 6.55. The Morgan fingerprint density at radius 3 is 2.59 bits per heavy atom. The fraction of sp³-hybridized carbons (Fsp3) is 0.346. The van der Waals surface area contributed by atoms with E-state index in [1.54, 1.807) is 4.68 Å². The summed E-state index contributed by atoms with van der Waals surface area (Å²) in [6, 6.07) is 14.6. The number of carbonyl (C=O) groups is 2. The van der Waals surface area contributed by atoms with Crippen LogP contribution in [0.1, 0.15) is 48.7 Å². The smallest absolute Gasteiger partial charge is 0.280 e. The van der Waals surface area contributed by atoms with Crippen molar-refractivity contribution in [2.24, 2.45) is 0 Å². The molecule has 0 spiro atoms. The zero-order valence-electron chi connectivity index (χ0n) is 19.0. The Morgan fingerprint density at radius 1 is 1.06 bits per heavy atom. The number of imide groups is 1. The third-order valence-corrected chi connectivity index (χ3v) is 7.03. The van der Waals surface area contributed by atoms with Gasteiger partial charge in [0.05, 0.1) is 12.2 Å². The SMILES string of the molecule is CCCCN1C(=O)c2c(c(-c3cccc(Cl)c3)nn2Cc2ccc(Cl)cc2)N2CCCC2C1=O. The Morgan fingerprint density at radius 2 is 1.85 bits per heavy atom. The van der Waals surface area contributed by atoms with Crippen LogP contribution in [0.15, 0.2) is 48.5 Å². The first kappa shape index (κ1) is 22.9. The quantitative estimate of drug-likeness (QED) is 0.413. The third kappa shape index (κ3) is 4.10. The molecule has 8 heteroatoms. The van der Waals surface area contributed by atoms with Gasteiger partial charge in [-0.1, -0.05) is 60.8 Å². The van der Waals surface area contributed by atoms with Crippen LogP contribution in [0.2, 0.25) is 10.0 Å². The first-order valence-corrected chi connectivity index (χ1v) is 12.5. The largest absolute Gasteiger partial charge is 0.356 e. The lowest BCUT2D eigenvalue weighted by molar-refractivity contribution is -0.129. The number of nitrogens with zero attached hydrogens (tertiary/aromatic N) is 4. The Bertz CT molecular complexity index is 1240. The second kappa shape index (κ2) is 9.43. The van der Waals surface area contributed by atoms with Crippen molar-refractivity contribution in [1.82, 2.24) is 14.7 Å². The number of halogens is 2. The molecule has 0 aliphatic carbocycles. The van der Waals surface area contributed by atoms with E-state index < -0.39 is 0 Å². The lowest BCUT2D eigenvalue weighted by Gasteiger charge is -2.26. The molecule has 0 N–H and O–H groups in total. The van der Waals surface area contributed by atoms with Gasteiger partial charge in [0.15, 0.2) is 5.69 Å². The Balaban J connectivity index is 1.71. The summed E-state index contributed by atoms with van der Waals surface area (Å²) >= 11 is 12.4. The van der Waals surface area contributed by atoms with E-state index in [-0.39, 0.29) is 17.9 Å². The first-order chi connectivity index (χ1) is 16.5. The van der Waals surface area contributed by atoms with Crippen molar-refractivity contribution < 1.29 is 9.59 Å². The van der Waals surface area contributed by atoms with Crippen molar-refractivity contribution in [3.8, 4) is 11.3 Å². The molecule has 2 aliphatic rings. The Hall–Kier alpha value is -2.83. The van der Waals surface area contributed by atoms with Gasteiger partial charge in [-0.05, 0) is 49.1 Å². The Kier molecular flexibility index (Phi) is 6.36. The zero-order chi connectivity index (χ0) is 23.8. The van der Waals surface area contributed by atoms with Crippen LogP contribution >= 0.6 is 23.2 Å². The van der Waals surface area contributed by atoms with Crippen molar-refractivity contribution in [2.45, 2.75) is 45.2 Å². The van der Waals surface area contributed by atoms with Gasteiger partial charge in [-0.15, -0.1) is 0 Å². The Labute approximate surface area is 209 Å². The summed E-state index contributed by atoms with van der Waals surface area (Å²) in [4.78, 5) is 31.0. The van der Waals surface area contributed by atoms with Crippen LogP contribution < -0.4 is 4.90 Å². The second-order valence-electron chi connectivity index (χ2n) is 8.84. The molecular formula is C26H26Cl2N4O2. The van der Waals surface area contributed by atoms with Crippen LogP contribution in [-0.2, 0) is 11.3 Å². The molecule has 34 heavy (non-hydrogen) atoms. The van der Waals surface area contributed by atoms with Crippen LogP contribution in [-0.4, -0.2) is 45.6 Å². The van der Waals surface area contributed by atoms with E-state index >= 15 is 0 Å². The summed E-state index contributed by atoms with van der Waals surface area (Å²) in [5, 5.41) is 6.18. The molecule has 1 fully saturated rings. The molecule has 2 aromatic carbocycles. The van der Waals surface area contributed by atoms with Crippen LogP contribution in [0.5, 0.6) is 0 Å². The van der Waals surface area contributed by atoms with Crippen LogP contribution in [0.3, 0.4) is 0 Å². The summed E-state index contributed by atoms with van der Waals surface area (Å²) in [6.07, 6.45) is 3.29. The van der Waals surface area contributed by atoms with Gasteiger partial charge in [-0.3, -0.25) is 19.2 Å². The number of anilines is 1. The van der Waals surface area contributed by atoms with Gasteiger partial charge in [-0.2, -0.15) is 5.10 Å². The summed E-state index contributed by atoms with van der Waals surface area (Å²) < 4.78 is 1.74. The maximum atomic E-state index is 13.9. The van der Waals surface area contributed by atoms with E-state index in [1.807, 2.05) is 48.5 Å². The number of fused-ring (bicyclic) bond motifs is 3. The van der Waals surface area contributed by atoms with E-state index in [2.05, 4.69) is 11.8 Å². The highest BCUT2D eigenvalue weighted by Crippen LogP contribution is 2.41. The minimum Gasteiger partial charge on any atom is -0.356 e. The summed E-state index contributed by atoms with van der Waals surface area (Å²) in [7, 11) is 0. The number of aromatic nitrogens is 2. The van der Waals surface area contributed by atoms with Crippen molar-refractivity contribution in [2.75, 3.05) is 18.0 Å². The highest BCUT2D eigenvalue weighted by Gasteiger charge is 2.45. The maximum Gasteiger partial charge on any atom is 0.280 e. The normalized spacial score (nSPS) is 17.7. The van der Waals surface area contributed by atoms with Gasteiger partial charge in [0.2, 0.25) is 0 Å². The molecule has 1 atom stereocenters. The number of rotatable bonds is 6. The van der Waals surface area contributed by atoms with Crippen molar-refractivity contribution in [3.63, 3.8) is 0 Å². The maximum absolute atomic E-state index is 13.9. The van der Waals surface area contributed by atoms with Crippen LogP contribution in [0, 0.1) is 0 Å². The lowest BCUT2D eigenvalue weighted by atomic mass is 10.1. The molecule has 1 aromatic heterocycles. The van der Waals surface area contributed by atoms with Crippen LogP contribution in [0.25, 0.3) is 11.3 Å². The standard InChI is InChI=1S/C26H26Cl2N4O2/c1-2-3-13-31-25(33)21-8-5-14-30(21)23-22(18-6-4-7-20(28)15-18)29-32(24(23)26(31)34)16-17-9-11-19(27)12-10-17/h4,6-7,9-12,15,21H,2-3,5,8,13-14,16H2,1H3. The minimum absolute atomic E-state index is 0.109. The summed E-state index contributed by atoms with van der Waals surface area (Å²) in [6.45, 7) is 3.57. The fourth-order valence-corrected chi connectivity index (χ4v) is 5.19. The van der Waals surface area contributed by atoms with Crippen molar-refractivity contribution >= 4 is 40.7 Å². The van der Waals surface area contributed by atoms with Gasteiger partial charge in [0.1, 0.15) is 11.7 Å². The molecule has 2 amide bonds. The van der Waals surface area contributed by atoms with E-state index in [0.29, 0.717) is 41.1 Å². The molecule has 0 saturated carbocycles. The first-order valence-electron chi connectivity index (χ1n) is 11.7. The molecule has 3 aromatic rings. The number of hydrogen-bond donors (Lipinski definition) is 0. The number of carbonyl (C=O) groups excluding carboxylic acids is 2. The minimum atomic E-state index is -0.354. The predicted octanol–water partition coefficient (Wildman–Crippen LogP) is 5.66. The zero-order valence-corrected chi connectivity index (χ0v) is 20.5. The number of amides is 2. The molecule has 0 bridgehead atoms. The summed E-state index contributed by atoms with van der Waals surface area (Å²) in [5.74, 6) is -0.389. The average Bonchev–Trinajstić information content (AvgIpc) is 3.43. The molecule has 0 radical (unpaired) electrons. The van der Waals surface area contributed by atoms with Gasteiger partial charge in [0, 0.05) is 28.7 Å². The number of unbranched alkanes of at least 4 members (excludes halogenated alkanes) is 1. The van der Waals surface area contributed by atoms with Crippen molar-refractivity contribution in [1.29, 1.82) is 0 Å². The van der Waals surface area contributed by atoms with E-state index in [0.717, 1.165) is 42.5 Å².